The van der Waals surface area contributed by atoms with Gasteiger partial charge in [-0.05, 0) is 62.8 Å². The topological polar surface area (TPSA) is 29.3 Å². The van der Waals surface area contributed by atoms with Crippen molar-refractivity contribution in [3.8, 4) is 0 Å². The average Bonchev–Trinajstić information content (AvgIpc) is 3.10. The molecule has 2 saturated carbocycles. The van der Waals surface area contributed by atoms with E-state index in [1.165, 1.54) is 64.3 Å². The minimum absolute atomic E-state index is 0.321. The van der Waals surface area contributed by atoms with Gasteiger partial charge < -0.3 is 5.73 Å². The molecule has 2 N–H and O–H groups in total. The third-order valence-corrected chi connectivity index (χ3v) is 6.88. The predicted molar refractivity (Wildman–Crippen MR) is 85.7 cm³/mol. The van der Waals surface area contributed by atoms with E-state index in [1.54, 1.807) is 0 Å². The highest BCUT2D eigenvalue weighted by molar-refractivity contribution is 5.05. The van der Waals surface area contributed by atoms with Crippen LogP contribution in [0.15, 0.2) is 0 Å². The summed E-state index contributed by atoms with van der Waals surface area (Å²) in [5.74, 6) is 2.62. The largest absolute Gasteiger partial charge is 0.329 e. The third-order valence-electron chi connectivity index (χ3n) is 6.88. The lowest BCUT2D eigenvalue weighted by molar-refractivity contribution is -0.0262. The van der Waals surface area contributed by atoms with E-state index in [2.05, 4.69) is 18.7 Å². The van der Waals surface area contributed by atoms with Crippen molar-refractivity contribution in [2.45, 2.75) is 83.2 Å². The maximum absolute atomic E-state index is 6.39. The molecule has 4 atom stereocenters. The standard InChI is InChI=1S/C18H34N2/c1-14-9-10-15(2)18(12-14,13-19)20-11-5-8-17(20)16-6-3-4-7-16/h14-17H,3-13,19H2,1-2H3. The zero-order valence-corrected chi connectivity index (χ0v) is 13.6. The first-order valence-corrected chi connectivity index (χ1v) is 9.14. The van der Waals surface area contributed by atoms with Gasteiger partial charge in [0, 0.05) is 18.1 Å². The first-order chi connectivity index (χ1) is 9.67. The SMILES string of the molecule is CC1CCC(C)C(CN)(N2CCCC2C2CCCC2)C1. The Morgan fingerprint density at radius 2 is 1.75 bits per heavy atom. The summed E-state index contributed by atoms with van der Waals surface area (Å²) in [4.78, 5) is 2.92. The Morgan fingerprint density at radius 1 is 1.00 bits per heavy atom. The average molecular weight is 278 g/mol. The summed E-state index contributed by atoms with van der Waals surface area (Å²) in [6, 6.07) is 0.855. The highest BCUT2D eigenvalue weighted by Gasteiger charge is 2.49. The van der Waals surface area contributed by atoms with Gasteiger partial charge in [0.2, 0.25) is 0 Å². The summed E-state index contributed by atoms with van der Waals surface area (Å²) >= 11 is 0. The van der Waals surface area contributed by atoms with Crippen molar-refractivity contribution in [2.75, 3.05) is 13.1 Å². The molecule has 0 amide bonds. The lowest BCUT2D eigenvalue weighted by atomic mass is 9.68. The van der Waals surface area contributed by atoms with E-state index >= 15 is 0 Å². The first-order valence-electron chi connectivity index (χ1n) is 9.14. The Labute approximate surface area is 125 Å². The van der Waals surface area contributed by atoms with E-state index in [4.69, 9.17) is 5.73 Å². The van der Waals surface area contributed by atoms with Crippen molar-refractivity contribution < 1.29 is 0 Å². The van der Waals surface area contributed by atoms with Crippen LogP contribution in [-0.2, 0) is 0 Å². The van der Waals surface area contributed by atoms with Crippen LogP contribution in [0.3, 0.4) is 0 Å². The molecular formula is C18H34N2. The van der Waals surface area contributed by atoms with Gasteiger partial charge in [0.1, 0.15) is 0 Å². The summed E-state index contributed by atoms with van der Waals surface area (Å²) < 4.78 is 0. The number of nitrogens with zero attached hydrogens (tertiary/aromatic N) is 1. The smallest absolute Gasteiger partial charge is 0.0362 e. The molecule has 0 spiro atoms. The van der Waals surface area contributed by atoms with Crippen LogP contribution in [0.25, 0.3) is 0 Å². The molecule has 0 aromatic heterocycles. The molecule has 20 heavy (non-hydrogen) atoms. The molecule has 2 heteroatoms. The van der Waals surface area contributed by atoms with Crippen LogP contribution in [0.4, 0.5) is 0 Å². The molecule has 1 heterocycles. The third kappa shape index (κ3) is 2.43. The molecule has 3 aliphatic rings. The van der Waals surface area contributed by atoms with Gasteiger partial charge in [-0.2, -0.15) is 0 Å². The highest BCUT2D eigenvalue weighted by Crippen LogP contribution is 2.46. The lowest BCUT2D eigenvalue weighted by Crippen LogP contribution is -2.62. The Bertz CT molecular complexity index is 323. The van der Waals surface area contributed by atoms with Gasteiger partial charge >= 0.3 is 0 Å². The number of nitrogens with two attached hydrogens (primary N) is 1. The van der Waals surface area contributed by atoms with Gasteiger partial charge in [0.25, 0.3) is 0 Å². The van der Waals surface area contributed by atoms with Crippen LogP contribution in [0.2, 0.25) is 0 Å². The van der Waals surface area contributed by atoms with Crippen molar-refractivity contribution in [3.05, 3.63) is 0 Å². The number of likely N-dealkylation sites (tertiary alicyclic amines) is 1. The highest BCUT2D eigenvalue weighted by atomic mass is 15.3. The molecule has 0 aromatic carbocycles. The second-order valence-corrected chi connectivity index (χ2v) is 8.04. The maximum Gasteiger partial charge on any atom is 0.0362 e. The minimum atomic E-state index is 0.321. The molecule has 2 aliphatic carbocycles. The Kier molecular flexibility index (Phi) is 4.42. The molecule has 0 aromatic rings. The molecule has 0 bridgehead atoms. The Balaban J connectivity index is 1.82. The predicted octanol–water partition coefficient (Wildman–Crippen LogP) is 3.79. The van der Waals surface area contributed by atoms with E-state index in [-0.39, 0.29) is 0 Å². The van der Waals surface area contributed by atoms with E-state index in [1.807, 2.05) is 0 Å². The maximum atomic E-state index is 6.39. The van der Waals surface area contributed by atoms with Crippen molar-refractivity contribution >= 4 is 0 Å². The van der Waals surface area contributed by atoms with E-state index in [0.717, 1.165) is 30.3 Å². The van der Waals surface area contributed by atoms with E-state index < -0.39 is 0 Å². The fourth-order valence-electron chi connectivity index (χ4n) is 5.69. The van der Waals surface area contributed by atoms with Crippen LogP contribution >= 0.6 is 0 Å². The van der Waals surface area contributed by atoms with Crippen LogP contribution in [0, 0.1) is 17.8 Å². The zero-order valence-electron chi connectivity index (χ0n) is 13.6. The molecule has 2 nitrogen and oxygen atoms in total. The van der Waals surface area contributed by atoms with E-state index in [9.17, 15) is 0 Å². The van der Waals surface area contributed by atoms with Gasteiger partial charge in [-0.15, -0.1) is 0 Å². The number of hydrogen-bond donors (Lipinski definition) is 1. The monoisotopic (exact) mass is 278 g/mol. The number of rotatable bonds is 3. The quantitative estimate of drug-likeness (QED) is 0.851. The van der Waals surface area contributed by atoms with Crippen molar-refractivity contribution in [3.63, 3.8) is 0 Å². The van der Waals surface area contributed by atoms with Gasteiger partial charge in [-0.1, -0.05) is 33.1 Å². The summed E-state index contributed by atoms with van der Waals surface area (Å²) in [5.41, 5.74) is 6.71. The van der Waals surface area contributed by atoms with Crippen molar-refractivity contribution in [2.24, 2.45) is 23.5 Å². The van der Waals surface area contributed by atoms with Crippen LogP contribution in [-0.4, -0.2) is 29.6 Å². The fourth-order valence-corrected chi connectivity index (χ4v) is 5.69. The Morgan fingerprint density at radius 3 is 2.45 bits per heavy atom. The normalized spacial score (nSPS) is 44.2. The van der Waals surface area contributed by atoms with Gasteiger partial charge in [0.15, 0.2) is 0 Å². The molecule has 0 radical (unpaired) electrons. The first kappa shape index (κ1) is 14.8. The summed E-state index contributed by atoms with van der Waals surface area (Å²) in [6.07, 6.45) is 12.9. The molecular weight excluding hydrogens is 244 g/mol. The van der Waals surface area contributed by atoms with Crippen LogP contribution in [0.1, 0.15) is 71.6 Å². The molecule has 3 fully saturated rings. The molecule has 4 unspecified atom stereocenters. The molecule has 3 rings (SSSR count). The van der Waals surface area contributed by atoms with Gasteiger partial charge in [0.05, 0.1) is 0 Å². The fraction of sp³-hybridized carbons (Fsp3) is 1.00. The van der Waals surface area contributed by atoms with Crippen molar-refractivity contribution in [1.82, 2.24) is 4.90 Å². The van der Waals surface area contributed by atoms with Gasteiger partial charge in [-0.3, -0.25) is 4.90 Å². The molecule has 116 valence electrons. The molecule has 1 aliphatic heterocycles. The van der Waals surface area contributed by atoms with Crippen molar-refractivity contribution in [1.29, 1.82) is 0 Å². The molecule has 1 saturated heterocycles. The van der Waals surface area contributed by atoms with Crippen LogP contribution in [0.5, 0.6) is 0 Å². The second-order valence-electron chi connectivity index (χ2n) is 8.04. The van der Waals surface area contributed by atoms with Gasteiger partial charge in [-0.25, -0.2) is 0 Å². The summed E-state index contributed by atoms with van der Waals surface area (Å²) in [6.45, 7) is 7.11. The number of hydrogen-bond acceptors (Lipinski definition) is 2. The van der Waals surface area contributed by atoms with E-state index in [0.29, 0.717) is 5.54 Å². The Hall–Kier alpha value is -0.0800. The summed E-state index contributed by atoms with van der Waals surface area (Å²) in [7, 11) is 0. The minimum Gasteiger partial charge on any atom is -0.329 e. The second kappa shape index (κ2) is 5.96. The van der Waals surface area contributed by atoms with Crippen LogP contribution < -0.4 is 5.73 Å². The zero-order chi connectivity index (χ0) is 14.2. The summed E-state index contributed by atoms with van der Waals surface area (Å²) in [5, 5.41) is 0. The lowest BCUT2D eigenvalue weighted by Gasteiger charge is -2.53.